The van der Waals surface area contributed by atoms with Gasteiger partial charge in [-0.05, 0) is 48.3 Å². The molecule has 1 aliphatic rings. The van der Waals surface area contributed by atoms with Crippen molar-refractivity contribution < 1.29 is 0 Å². The smallest absolute Gasteiger partial charge is 0.0372 e. The molecule has 1 N–H and O–H groups in total. The topological polar surface area (TPSA) is 12.0 Å². The molecule has 1 aromatic carbocycles. The van der Waals surface area contributed by atoms with E-state index in [1.54, 1.807) is 0 Å². The molecule has 16 heavy (non-hydrogen) atoms. The maximum atomic E-state index is 3.46. The van der Waals surface area contributed by atoms with Crippen LogP contribution in [0.1, 0.15) is 44.7 Å². The highest BCUT2D eigenvalue weighted by Crippen LogP contribution is 2.26. The van der Waals surface area contributed by atoms with E-state index in [2.05, 4.69) is 44.3 Å². The molecule has 1 nitrogen and oxygen atoms in total. The van der Waals surface area contributed by atoms with Crippen molar-refractivity contribution in [3.8, 4) is 0 Å². The van der Waals surface area contributed by atoms with E-state index in [0.29, 0.717) is 5.41 Å². The molecule has 1 aromatic rings. The predicted molar refractivity (Wildman–Crippen MR) is 71.0 cm³/mol. The Balaban J connectivity index is 2.06. The molecule has 0 saturated heterocycles. The zero-order chi connectivity index (χ0) is 11.6. The summed E-state index contributed by atoms with van der Waals surface area (Å²) in [6, 6.07) is 6.93. The van der Waals surface area contributed by atoms with Crippen LogP contribution in [-0.4, -0.2) is 6.54 Å². The normalized spacial score (nSPS) is 15.4. The predicted octanol–water partition coefficient (Wildman–Crippen LogP) is 4.02. The van der Waals surface area contributed by atoms with Crippen LogP contribution in [0.15, 0.2) is 18.2 Å². The SMILES string of the molecule is CC(C)(C)CCc1ccc2c(c1)CCCN2. The molecule has 1 aliphatic heterocycles. The van der Waals surface area contributed by atoms with Crippen molar-refractivity contribution >= 4 is 5.69 Å². The fourth-order valence-electron chi connectivity index (χ4n) is 2.20. The fourth-order valence-corrected chi connectivity index (χ4v) is 2.20. The van der Waals surface area contributed by atoms with Gasteiger partial charge in [-0.2, -0.15) is 0 Å². The number of hydrogen-bond acceptors (Lipinski definition) is 1. The number of aryl methyl sites for hydroxylation is 2. The first-order chi connectivity index (χ1) is 7.54. The Labute approximate surface area is 99.3 Å². The average molecular weight is 217 g/mol. The van der Waals surface area contributed by atoms with Crippen LogP contribution in [0.4, 0.5) is 5.69 Å². The highest BCUT2D eigenvalue weighted by atomic mass is 14.9. The van der Waals surface area contributed by atoms with Crippen LogP contribution < -0.4 is 5.32 Å². The van der Waals surface area contributed by atoms with Crippen LogP contribution >= 0.6 is 0 Å². The van der Waals surface area contributed by atoms with E-state index < -0.39 is 0 Å². The first-order valence-electron chi connectivity index (χ1n) is 6.40. The third-order valence-corrected chi connectivity index (χ3v) is 3.27. The van der Waals surface area contributed by atoms with E-state index >= 15 is 0 Å². The largest absolute Gasteiger partial charge is 0.385 e. The first-order valence-corrected chi connectivity index (χ1v) is 6.40. The maximum Gasteiger partial charge on any atom is 0.0372 e. The molecule has 1 heteroatoms. The van der Waals surface area contributed by atoms with Crippen LogP contribution in [0, 0.1) is 5.41 Å². The summed E-state index contributed by atoms with van der Waals surface area (Å²) in [6.45, 7) is 8.07. The molecular weight excluding hydrogens is 194 g/mol. The number of benzene rings is 1. The molecule has 0 radical (unpaired) electrons. The second-order valence-corrected chi connectivity index (χ2v) is 6.08. The van der Waals surface area contributed by atoms with Crippen molar-refractivity contribution in [1.82, 2.24) is 0 Å². The summed E-state index contributed by atoms with van der Waals surface area (Å²) in [5.41, 5.74) is 4.80. The molecule has 0 fully saturated rings. The lowest BCUT2D eigenvalue weighted by Gasteiger charge is -2.21. The van der Waals surface area contributed by atoms with Gasteiger partial charge < -0.3 is 5.32 Å². The van der Waals surface area contributed by atoms with Gasteiger partial charge in [-0.3, -0.25) is 0 Å². The van der Waals surface area contributed by atoms with Crippen molar-refractivity contribution in [3.05, 3.63) is 29.3 Å². The zero-order valence-electron chi connectivity index (χ0n) is 10.8. The second kappa shape index (κ2) is 4.48. The Morgan fingerprint density at radius 2 is 2.06 bits per heavy atom. The van der Waals surface area contributed by atoms with Crippen molar-refractivity contribution in [1.29, 1.82) is 0 Å². The van der Waals surface area contributed by atoms with Crippen LogP contribution in [0.5, 0.6) is 0 Å². The van der Waals surface area contributed by atoms with E-state index in [1.807, 2.05) is 0 Å². The van der Waals surface area contributed by atoms with Crippen LogP contribution in [0.2, 0.25) is 0 Å². The van der Waals surface area contributed by atoms with E-state index in [1.165, 1.54) is 42.5 Å². The lowest BCUT2D eigenvalue weighted by molar-refractivity contribution is 0.378. The van der Waals surface area contributed by atoms with Gasteiger partial charge in [0.1, 0.15) is 0 Å². The Bertz CT molecular complexity index is 360. The van der Waals surface area contributed by atoms with Crippen molar-refractivity contribution in [2.45, 2.75) is 46.5 Å². The molecule has 2 rings (SSSR count). The van der Waals surface area contributed by atoms with E-state index in [0.717, 1.165) is 6.54 Å². The molecule has 0 saturated carbocycles. The molecule has 0 amide bonds. The highest BCUT2D eigenvalue weighted by Gasteiger charge is 2.12. The number of nitrogens with one attached hydrogen (secondary N) is 1. The minimum Gasteiger partial charge on any atom is -0.385 e. The molecule has 0 spiro atoms. The Morgan fingerprint density at radius 3 is 2.81 bits per heavy atom. The van der Waals surface area contributed by atoms with Gasteiger partial charge in [0.05, 0.1) is 0 Å². The highest BCUT2D eigenvalue weighted by molar-refractivity contribution is 5.54. The monoisotopic (exact) mass is 217 g/mol. The Kier molecular flexibility index (Phi) is 3.22. The van der Waals surface area contributed by atoms with Crippen LogP contribution in [-0.2, 0) is 12.8 Å². The van der Waals surface area contributed by atoms with Crippen molar-refractivity contribution in [2.75, 3.05) is 11.9 Å². The minimum absolute atomic E-state index is 0.439. The minimum atomic E-state index is 0.439. The molecule has 1 heterocycles. The van der Waals surface area contributed by atoms with E-state index in [-0.39, 0.29) is 0 Å². The zero-order valence-corrected chi connectivity index (χ0v) is 10.8. The number of rotatable bonds is 2. The average Bonchev–Trinajstić information content (AvgIpc) is 2.25. The molecule has 0 bridgehead atoms. The summed E-state index contributed by atoms with van der Waals surface area (Å²) < 4.78 is 0. The van der Waals surface area contributed by atoms with Gasteiger partial charge in [-0.25, -0.2) is 0 Å². The van der Waals surface area contributed by atoms with Crippen molar-refractivity contribution in [3.63, 3.8) is 0 Å². The summed E-state index contributed by atoms with van der Waals surface area (Å²) in [5, 5.41) is 3.46. The first kappa shape index (κ1) is 11.5. The van der Waals surface area contributed by atoms with Gasteiger partial charge >= 0.3 is 0 Å². The molecule has 0 unspecified atom stereocenters. The molecule has 0 aliphatic carbocycles. The molecule has 0 aromatic heterocycles. The maximum absolute atomic E-state index is 3.46. The van der Waals surface area contributed by atoms with Crippen LogP contribution in [0.25, 0.3) is 0 Å². The third-order valence-electron chi connectivity index (χ3n) is 3.27. The number of fused-ring (bicyclic) bond motifs is 1. The molecular formula is C15H23N. The lowest BCUT2D eigenvalue weighted by Crippen LogP contribution is -2.12. The summed E-state index contributed by atoms with van der Waals surface area (Å²) in [5.74, 6) is 0. The summed E-state index contributed by atoms with van der Waals surface area (Å²) in [7, 11) is 0. The lowest BCUT2D eigenvalue weighted by atomic mass is 9.88. The molecule has 88 valence electrons. The third kappa shape index (κ3) is 3.01. The van der Waals surface area contributed by atoms with Gasteiger partial charge in [0.15, 0.2) is 0 Å². The van der Waals surface area contributed by atoms with Gasteiger partial charge in [0, 0.05) is 12.2 Å². The van der Waals surface area contributed by atoms with Crippen LogP contribution in [0.3, 0.4) is 0 Å². The Morgan fingerprint density at radius 1 is 1.25 bits per heavy atom. The number of hydrogen-bond donors (Lipinski definition) is 1. The Hall–Kier alpha value is -0.980. The summed E-state index contributed by atoms with van der Waals surface area (Å²) >= 11 is 0. The van der Waals surface area contributed by atoms with E-state index in [9.17, 15) is 0 Å². The van der Waals surface area contributed by atoms with Gasteiger partial charge in [-0.1, -0.05) is 32.9 Å². The molecule has 0 atom stereocenters. The van der Waals surface area contributed by atoms with Gasteiger partial charge in [-0.15, -0.1) is 0 Å². The van der Waals surface area contributed by atoms with Gasteiger partial charge in [0.25, 0.3) is 0 Å². The van der Waals surface area contributed by atoms with Gasteiger partial charge in [0.2, 0.25) is 0 Å². The fraction of sp³-hybridized carbons (Fsp3) is 0.600. The summed E-state index contributed by atoms with van der Waals surface area (Å²) in [6.07, 6.45) is 4.98. The second-order valence-electron chi connectivity index (χ2n) is 6.08. The standard InChI is InChI=1S/C15H23N/c1-15(2,3)9-8-12-6-7-14-13(11-12)5-4-10-16-14/h6-7,11,16H,4-5,8-10H2,1-3H3. The number of anilines is 1. The van der Waals surface area contributed by atoms with E-state index in [4.69, 9.17) is 0 Å². The quantitative estimate of drug-likeness (QED) is 0.789. The van der Waals surface area contributed by atoms with Crippen molar-refractivity contribution in [2.24, 2.45) is 5.41 Å². The summed E-state index contributed by atoms with van der Waals surface area (Å²) in [4.78, 5) is 0.